The van der Waals surface area contributed by atoms with Gasteiger partial charge < -0.3 is 15.4 Å². The van der Waals surface area contributed by atoms with E-state index >= 15 is 0 Å². The number of anilines is 2. The third kappa shape index (κ3) is 5.96. The number of ether oxygens (including phenoxy) is 1. The van der Waals surface area contributed by atoms with Crippen molar-refractivity contribution in [2.24, 2.45) is 5.14 Å². The summed E-state index contributed by atoms with van der Waals surface area (Å²) in [6.07, 6.45) is 1.17. The molecule has 0 radical (unpaired) electrons. The SMILES string of the molecule is CCN[C@H]1CN(CCCC(=O)OC)Sc2sc(Nc3ccc(S(N)(=O)=O)cc3)cc21. The number of hydrogen-bond acceptors (Lipinski definition) is 9. The van der Waals surface area contributed by atoms with E-state index in [-0.39, 0.29) is 16.9 Å². The summed E-state index contributed by atoms with van der Waals surface area (Å²) in [6.45, 7) is 4.60. The van der Waals surface area contributed by atoms with Gasteiger partial charge in [-0.1, -0.05) is 6.92 Å². The molecular formula is C19H26N4O4S3. The Hall–Kier alpha value is -1.63. The highest BCUT2D eigenvalue weighted by molar-refractivity contribution is 7.99. The molecule has 8 nitrogen and oxygen atoms in total. The van der Waals surface area contributed by atoms with E-state index in [0.29, 0.717) is 6.42 Å². The van der Waals surface area contributed by atoms with E-state index in [4.69, 9.17) is 9.88 Å². The van der Waals surface area contributed by atoms with Crippen LogP contribution in [0, 0.1) is 0 Å². The van der Waals surface area contributed by atoms with Crippen molar-refractivity contribution in [1.82, 2.24) is 9.62 Å². The molecule has 2 heterocycles. The number of esters is 1. The molecule has 1 atom stereocenters. The molecule has 0 aliphatic carbocycles. The van der Waals surface area contributed by atoms with Gasteiger partial charge in [0.15, 0.2) is 0 Å². The second kappa shape index (κ2) is 10.1. The normalized spacial score (nSPS) is 16.8. The third-order valence-electron chi connectivity index (χ3n) is 4.62. The summed E-state index contributed by atoms with van der Waals surface area (Å²) in [6, 6.07) is 8.73. The van der Waals surface area contributed by atoms with Crippen molar-refractivity contribution in [2.45, 2.75) is 34.9 Å². The molecule has 0 saturated heterocycles. The molecule has 2 aromatic rings. The standard InChI is InChI=1S/C19H26N4O4S3/c1-3-21-16-12-23(10-4-5-18(24)27-2)29-19-15(16)11-17(28-19)22-13-6-8-14(9-7-13)30(20,25)26/h6-9,11,16,21-22H,3-5,10,12H2,1-2H3,(H2,20,25,26)/t16-/m0/s1. The van der Waals surface area contributed by atoms with Gasteiger partial charge in [0.05, 0.1) is 21.2 Å². The Morgan fingerprint density at radius 3 is 2.70 bits per heavy atom. The van der Waals surface area contributed by atoms with Crippen LogP contribution in [0.5, 0.6) is 0 Å². The lowest BCUT2D eigenvalue weighted by Crippen LogP contribution is -2.35. The average molecular weight is 471 g/mol. The Labute approximate surface area is 185 Å². The first kappa shape index (κ1) is 23.0. The van der Waals surface area contributed by atoms with Gasteiger partial charge in [-0.15, -0.1) is 11.3 Å². The number of nitrogens with one attached hydrogen (secondary N) is 2. The summed E-state index contributed by atoms with van der Waals surface area (Å²) in [5.74, 6) is -0.183. The molecule has 4 N–H and O–H groups in total. The van der Waals surface area contributed by atoms with E-state index in [2.05, 4.69) is 27.9 Å². The topological polar surface area (TPSA) is 114 Å². The van der Waals surface area contributed by atoms with Crippen molar-refractivity contribution in [1.29, 1.82) is 0 Å². The van der Waals surface area contributed by atoms with Crippen LogP contribution in [-0.4, -0.2) is 45.4 Å². The van der Waals surface area contributed by atoms with Crippen molar-refractivity contribution in [3.05, 3.63) is 35.9 Å². The van der Waals surface area contributed by atoms with Crippen molar-refractivity contribution in [3.8, 4) is 0 Å². The lowest BCUT2D eigenvalue weighted by Gasteiger charge is -2.31. The molecule has 1 aliphatic rings. The molecular weight excluding hydrogens is 444 g/mol. The van der Waals surface area contributed by atoms with E-state index in [1.807, 2.05) is 0 Å². The number of primary sulfonamides is 1. The summed E-state index contributed by atoms with van der Waals surface area (Å²) in [5.41, 5.74) is 2.04. The number of carbonyl (C=O) groups excluding carboxylic acids is 1. The van der Waals surface area contributed by atoms with Crippen LogP contribution < -0.4 is 15.8 Å². The predicted octanol–water partition coefficient (Wildman–Crippen LogP) is 3.07. The smallest absolute Gasteiger partial charge is 0.305 e. The number of carbonyl (C=O) groups is 1. The van der Waals surface area contributed by atoms with Gasteiger partial charge in [-0.25, -0.2) is 17.9 Å². The number of likely N-dealkylation sites (N-methyl/N-ethyl adjacent to an activating group) is 1. The summed E-state index contributed by atoms with van der Waals surface area (Å²) in [5, 5.41) is 13.0. The van der Waals surface area contributed by atoms with Crippen molar-refractivity contribution in [3.63, 3.8) is 0 Å². The predicted molar refractivity (Wildman–Crippen MR) is 121 cm³/mol. The van der Waals surface area contributed by atoms with Gasteiger partial charge in [0.2, 0.25) is 10.0 Å². The Kier molecular flexibility index (Phi) is 7.77. The lowest BCUT2D eigenvalue weighted by molar-refractivity contribution is -0.140. The number of benzene rings is 1. The molecule has 0 bridgehead atoms. The second-order valence-corrected chi connectivity index (χ2v) is 10.8. The van der Waals surface area contributed by atoms with Crippen molar-refractivity contribution < 1.29 is 17.9 Å². The van der Waals surface area contributed by atoms with Gasteiger partial charge in [0, 0.05) is 31.2 Å². The highest BCUT2D eigenvalue weighted by atomic mass is 32.2. The first-order chi connectivity index (χ1) is 14.3. The van der Waals surface area contributed by atoms with Crippen molar-refractivity contribution >= 4 is 50.0 Å². The highest BCUT2D eigenvalue weighted by Crippen LogP contribution is 2.45. The molecule has 0 unspecified atom stereocenters. The largest absolute Gasteiger partial charge is 0.469 e. The lowest BCUT2D eigenvalue weighted by atomic mass is 10.1. The number of nitrogens with zero attached hydrogens (tertiary/aromatic N) is 1. The maximum Gasteiger partial charge on any atom is 0.305 e. The van der Waals surface area contributed by atoms with Crippen LogP contribution in [0.2, 0.25) is 0 Å². The fourth-order valence-electron chi connectivity index (χ4n) is 3.15. The van der Waals surface area contributed by atoms with E-state index in [0.717, 1.165) is 36.7 Å². The Morgan fingerprint density at radius 1 is 1.33 bits per heavy atom. The van der Waals surface area contributed by atoms with Gasteiger partial charge in [0.1, 0.15) is 0 Å². The van der Waals surface area contributed by atoms with E-state index < -0.39 is 10.0 Å². The summed E-state index contributed by atoms with van der Waals surface area (Å²) in [4.78, 5) is 11.5. The van der Waals surface area contributed by atoms with Crippen LogP contribution in [0.4, 0.5) is 10.7 Å². The average Bonchev–Trinajstić information content (AvgIpc) is 3.10. The van der Waals surface area contributed by atoms with E-state index in [1.165, 1.54) is 29.0 Å². The van der Waals surface area contributed by atoms with Crippen LogP contribution in [0.3, 0.4) is 0 Å². The van der Waals surface area contributed by atoms with Crippen molar-refractivity contribution in [2.75, 3.05) is 32.1 Å². The maximum atomic E-state index is 11.4. The molecule has 30 heavy (non-hydrogen) atoms. The van der Waals surface area contributed by atoms with Gasteiger partial charge in [-0.05, 0) is 60.8 Å². The van der Waals surface area contributed by atoms with Crippen LogP contribution in [0.1, 0.15) is 31.4 Å². The zero-order valence-electron chi connectivity index (χ0n) is 16.9. The molecule has 1 aromatic carbocycles. The summed E-state index contributed by atoms with van der Waals surface area (Å²) in [7, 11) is -2.29. The molecule has 0 spiro atoms. The number of fused-ring (bicyclic) bond motifs is 1. The number of sulfonamides is 1. The fourth-order valence-corrected chi connectivity index (χ4v) is 6.26. The first-order valence-corrected chi connectivity index (χ1v) is 12.7. The maximum absolute atomic E-state index is 11.4. The van der Waals surface area contributed by atoms with Crippen LogP contribution >= 0.6 is 23.3 Å². The molecule has 11 heteroatoms. The number of nitrogens with two attached hydrogens (primary N) is 1. The molecule has 1 aliphatic heterocycles. The molecule has 0 amide bonds. The fraction of sp³-hybridized carbons (Fsp3) is 0.421. The van der Waals surface area contributed by atoms with Crippen LogP contribution in [0.25, 0.3) is 0 Å². The van der Waals surface area contributed by atoms with E-state index in [1.54, 1.807) is 35.4 Å². The molecule has 0 saturated carbocycles. The minimum Gasteiger partial charge on any atom is -0.469 e. The first-order valence-electron chi connectivity index (χ1n) is 9.57. The number of methoxy groups -OCH3 is 1. The molecule has 1 aromatic heterocycles. The van der Waals surface area contributed by atoms with Gasteiger partial charge in [0.25, 0.3) is 0 Å². The Balaban J connectivity index is 1.70. The summed E-state index contributed by atoms with van der Waals surface area (Å²) < 4.78 is 31.0. The quantitative estimate of drug-likeness (QED) is 0.378. The molecule has 164 valence electrons. The second-order valence-electron chi connectivity index (χ2n) is 6.82. The van der Waals surface area contributed by atoms with Gasteiger partial charge in [-0.3, -0.25) is 4.79 Å². The van der Waals surface area contributed by atoms with Gasteiger partial charge in [-0.2, -0.15) is 0 Å². The Morgan fingerprint density at radius 2 is 2.07 bits per heavy atom. The Bertz CT molecular complexity index is 976. The highest BCUT2D eigenvalue weighted by Gasteiger charge is 2.28. The zero-order valence-corrected chi connectivity index (χ0v) is 19.3. The summed E-state index contributed by atoms with van der Waals surface area (Å²) >= 11 is 3.36. The van der Waals surface area contributed by atoms with E-state index in [9.17, 15) is 13.2 Å². The minimum absolute atomic E-state index is 0.0869. The minimum atomic E-state index is -3.70. The monoisotopic (exact) mass is 470 g/mol. The zero-order chi connectivity index (χ0) is 21.7. The number of rotatable bonds is 9. The molecule has 0 fully saturated rings. The van der Waals surface area contributed by atoms with Crippen LogP contribution in [0.15, 0.2) is 39.4 Å². The van der Waals surface area contributed by atoms with Gasteiger partial charge >= 0.3 is 5.97 Å². The third-order valence-corrected chi connectivity index (χ3v) is 7.87. The number of hydrogen-bond donors (Lipinski definition) is 3. The molecule has 3 rings (SSSR count). The number of thiophene rings is 1. The van der Waals surface area contributed by atoms with Crippen LogP contribution in [-0.2, 0) is 19.6 Å².